The molecule has 0 fully saturated rings. The number of hydrogen-bond donors (Lipinski definition) is 0. The fourth-order valence-electron chi connectivity index (χ4n) is 1.56. The summed E-state index contributed by atoms with van der Waals surface area (Å²) in [6.45, 7) is 4.92. The van der Waals surface area contributed by atoms with Crippen molar-refractivity contribution in [1.82, 2.24) is 9.97 Å². The molecule has 0 bridgehead atoms. The fourth-order valence-corrected chi connectivity index (χ4v) is 1.75. The van der Waals surface area contributed by atoms with Gasteiger partial charge in [-0.15, -0.1) is 0 Å². The third-order valence-corrected chi connectivity index (χ3v) is 2.73. The minimum absolute atomic E-state index is 0.456. The Balaban J connectivity index is 2.28. The number of aromatic nitrogens is 2. The van der Waals surface area contributed by atoms with Crippen LogP contribution >= 0.6 is 11.6 Å². The van der Waals surface area contributed by atoms with Crippen LogP contribution in [0.15, 0.2) is 6.07 Å². The maximum Gasteiger partial charge on any atom is 0.218 e. The number of aryl methyl sites for hydroxylation is 1. The second-order valence-corrected chi connectivity index (χ2v) is 4.45. The second kappa shape index (κ2) is 8.29. The van der Waals surface area contributed by atoms with Crippen LogP contribution in [0.3, 0.4) is 0 Å². The molecule has 0 aliphatic carbocycles. The summed E-state index contributed by atoms with van der Waals surface area (Å²) in [5.74, 6) is 1.33. The molecule has 1 heterocycles. The lowest BCUT2D eigenvalue weighted by molar-refractivity contribution is 0.292. The first kappa shape index (κ1) is 14.2. The van der Waals surface area contributed by atoms with Crippen LogP contribution in [0.1, 0.15) is 51.8 Å². The molecule has 0 unspecified atom stereocenters. The molecule has 1 aromatic heterocycles. The highest BCUT2D eigenvalue weighted by Gasteiger charge is 2.02. The Kier molecular flexibility index (Phi) is 6.94. The van der Waals surface area contributed by atoms with E-state index in [1.807, 2.05) is 6.92 Å². The summed E-state index contributed by atoms with van der Waals surface area (Å²) in [4.78, 5) is 8.36. The van der Waals surface area contributed by atoms with Crippen molar-refractivity contribution in [3.05, 3.63) is 17.0 Å². The average molecular weight is 257 g/mol. The summed E-state index contributed by atoms with van der Waals surface area (Å²) in [6, 6.07) is 1.67. The van der Waals surface area contributed by atoms with Crippen molar-refractivity contribution in [3.63, 3.8) is 0 Å². The zero-order valence-corrected chi connectivity index (χ0v) is 11.5. The largest absolute Gasteiger partial charge is 0.478 e. The van der Waals surface area contributed by atoms with Crippen molar-refractivity contribution < 1.29 is 4.74 Å². The SMILES string of the molecule is CCCCCCCOc1cc(Cl)nc(CC)n1. The summed E-state index contributed by atoms with van der Waals surface area (Å²) in [5.41, 5.74) is 0. The van der Waals surface area contributed by atoms with E-state index in [1.165, 1.54) is 25.7 Å². The van der Waals surface area contributed by atoms with Crippen LogP contribution in [0.5, 0.6) is 5.88 Å². The van der Waals surface area contributed by atoms with Crippen molar-refractivity contribution in [1.29, 1.82) is 0 Å². The number of hydrogen-bond acceptors (Lipinski definition) is 3. The van der Waals surface area contributed by atoms with Gasteiger partial charge >= 0.3 is 0 Å². The molecule has 0 saturated heterocycles. The Bertz CT molecular complexity index is 331. The van der Waals surface area contributed by atoms with Crippen LogP contribution in [0.2, 0.25) is 5.15 Å². The Morgan fingerprint density at radius 1 is 1.12 bits per heavy atom. The molecule has 17 heavy (non-hydrogen) atoms. The van der Waals surface area contributed by atoms with Crippen LogP contribution in [0, 0.1) is 0 Å². The third-order valence-electron chi connectivity index (χ3n) is 2.53. The molecule has 0 N–H and O–H groups in total. The van der Waals surface area contributed by atoms with E-state index >= 15 is 0 Å². The van der Waals surface area contributed by atoms with Gasteiger partial charge in [-0.25, -0.2) is 4.98 Å². The summed E-state index contributed by atoms with van der Waals surface area (Å²) in [5, 5.41) is 0.456. The summed E-state index contributed by atoms with van der Waals surface area (Å²) < 4.78 is 5.57. The molecule has 0 aliphatic heterocycles. The quantitative estimate of drug-likeness (QED) is 0.520. The van der Waals surface area contributed by atoms with Gasteiger partial charge in [0.1, 0.15) is 11.0 Å². The highest BCUT2D eigenvalue weighted by atomic mass is 35.5. The van der Waals surface area contributed by atoms with Gasteiger partial charge in [0.2, 0.25) is 5.88 Å². The zero-order chi connectivity index (χ0) is 12.5. The molecule has 0 radical (unpaired) electrons. The van der Waals surface area contributed by atoms with Crippen LogP contribution < -0.4 is 4.74 Å². The molecule has 1 rings (SSSR count). The van der Waals surface area contributed by atoms with Gasteiger partial charge in [0.15, 0.2) is 0 Å². The minimum atomic E-state index is 0.456. The molecule has 1 aromatic rings. The van der Waals surface area contributed by atoms with Crippen molar-refractivity contribution >= 4 is 11.6 Å². The van der Waals surface area contributed by atoms with E-state index < -0.39 is 0 Å². The van der Waals surface area contributed by atoms with Crippen molar-refractivity contribution in [3.8, 4) is 5.88 Å². The highest BCUT2D eigenvalue weighted by Crippen LogP contribution is 2.14. The summed E-state index contributed by atoms with van der Waals surface area (Å²) in [7, 11) is 0. The van der Waals surface area contributed by atoms with Gasteiger partial charge < -0.3 is 4.74 Å². The molecular formula is C13H21ClN2O. The first-order chi connectivity index (χ1) is 8.26. The van der Waals surface area contributed by atoms with Crippen molar-refractivity contribution in [2.45, 2.75) is 52.4 Å². The molecular weight excluding hydrogens is 236 g/mol. The maximum absolute atomic E-state index is 5.88. The first-order valence-electron chi connectivity index (χ1n) is 6.42. The molecule has 3 nitrogen and oxygen atoms in total. The predicted octanol–water partition coefficient (Wildman–Crippen LogP) is 4.04. The molecule has 0 aromatic carbocycles. The maximum atomic E-state index is 5.88. The van der Waals surface area contributed by atoms with E-state index in [2.05, 4.69) is 16.9 Å². The van der Waals surface area contributed by atoms with E-state index in [0.29, 0.717) is 17.6 Å². The molecule has 0 amide bonds. The molecule has 0 aliphatic rings. The molecule has 4 heteroatoms. The molecule has 0 saturated carbocycles. The number of rotatable bonds is 8. The lowest BCUT2D eigenvalue weighted by atomic mass is 10.2. The lowest BCUT2D eigenvalue weighted by Gasteiger charge is -2.06. The van der Waals surface area contributed by atoms with Crippen LogP contribution in [0.4, 0.5) is 0 Å². The van der Waals surface area contributed by atoms with Crippen LogP contribution in [0.25, 0.3) is 0 Å². The van der Waals surface area contributed by atoms with Crippen LogP contribution in [-0.2, 0) is 6.42 Å². The topological polar surface area (TPSA) is 35.0 Å². The minimum Gasteiger partial charge on any atom is -0.478 e. The van der Waals surface area contributed by atoms with Gasteiger partial charge in [0, 0.05) is 12.5 Å². The fraction of sp³-hybridized carbons (Fsp3) is 0.692. The summed E-state index contributed by atoms with van der Waals surface area (Å²) in [6.07, 6.45) is 6.91. The first-order valence-corrected chi connectivity index (χ1v) is 6.80. The van der Waals surface area contributed by atoms with Crippen molar-refractivity contribution in [2.24, 2.45) is 0 Å². The average Bonchev–Trinajstić information content (AvgIpc) is 2.33. The highest BCUT2D eigenvalue weighted by molar-refractivity contribution is 6.29. The number of unbranched alkanes of at least 4 members (excludes halogenated alkanes) is 4. The van der Waals surface area contributed by atoms with Crippen molar-refractivity contribution in [2.75, 3.05) is 6.61 Å². The predicted molar refractivity (Wildman–Crippen MR) is 70.7 cm³/mol. The van der Waals surface area contributed by atoms with Gasteiger partial charge in [0.05, 0.1) is 6.61 Å². The van der Waals surface area contributed by atoms with Crippen LogP contribution in [-0.4, -0.2) is 16.6 Å². The van der Waals surface area contributed by atoms with E-state index in [-0.39, 0.29) is 0 Å². The molecule has 0 atom stereocenters. The Morgan fingerprint density at radius 3 is 2.59 bits per heavy atom. The van der Waals surface area contributed by atoms with Gasteiger partial charge in [-0.2, -0.15) is 4.98 Å². The standard InChI is InChI=1S/C13H21ClN2O/c1-3-5-6-7-8-9-17-13-10-11(14)15-12(4-2)16-13/h10H,3-9H2,1-2H3. The second-order valence-electron chi connectivity index (χ2n) is 4.06. The third kappa shape index (κ3) is 5.87. The molecule has 0 spiro atoms. The zero-order valence-electron chi connectivity index (χ0n) is 10.7. The summed E-state index contributed by atoms with van der Waals surface area (Å²) >= 11 is 5.88. The Labute approximate surface area is 109 Å². The van der Waals surface area contributed by atoms with E-state index in [4.69, 9.17) is 16.3 Å². The number of nitrogens with zero attached hydrogens (tertiary/aromatic N) is 2. The Hall–Kier alpha value is -0.830. The van der Waals surface area contributed by atoms with E-state index in [0.717, 1.165) is 18.7 Å². The number of halogens is 1. The smallest absolute Gasteiger partial charge is 0.218 e. The lowest BCUT2D eigenvalue weighted by Crippen LogP contribution is -2.02. The monoisotopic (exact) mass is 256 g/mol. The van der Waals surface area contributed by atoms with E-state index in [9.17, 15) is 0 Å². The van der Waals surface area contributed by atoms with Gasteiger partial charge in [0.25, 0.3) is 0 Å². The number of ether oxygens (including phenoxy) is 1. The normalized spacial score (nSPS) is 10.5. The Morgan fingerprint density at radius 2 is 1.88 bits per heavy atom. The van der Waals surface area contributed by atoms with E-state index in [1.54, 1.807) is 6.07 Å². The van der Waals surface area contributed by atoms with Gasteiger partial charge in [-0.05, 0) is 6.42 Å². The molecule has 96 valence electrons. The van der Waals surface area contributed by atoms with Gasteiger partial charge in [-0.1, -0.05) is 51.1 Å². The van der Waals surface area contributed by atoms with Gasteiger partial charge in [-0.3, -0.25) is 0 Å².